The molecule has 0 radical (unpaired) electrons. The lowest BCUT2D eigenvalue weighted by Gasteiger charge is -2.09. The highest BCUT2D eigenvalue weighted by Crippen LogP contribution is 2.30. The van der Waals surface area contributed by atoms with E-state index in [-0.39, 0.29) is 10.3 Å². The quantitative estimate of drug-likeness (QED) is 0.234. The molecule has 0 atom stereocenters. The Labute approximate surface area is 128 Å². The van der Waals surface area contributed by atoms with Crippen molar-refractivity contribution in [2.75, 3.05) is 0 Å². The first kappa shape index (κ1) is 15.3. The Kier molecular flexibility index (Phi) is 3.68. The van der Waals surface area contributed by atoms with E-state index in [0.29, 0.717) is 5.52 Å². The van der Waals surface area contributed by atoms with E-state index < -0.39 is 40.8 Å². The van der Waals surface area contributed by atoms with Crippen molar-refractivity contribution < 1.29 is 31.5 Å². The topological polar surface area (TPSA) is 52.1 Å². The fraction of sp³-hybridized carbons (Fsp3) is 0. The zero-order valence-electron chi connectivity index (χ0n) is 10.7. The van der Waals surface area contributed by atoms with Crippen molar-refractivity contribution >= 4 is 27.7 Å². The van der Waals surface area contributed by atoms with Crippen LogP contribution in [0.3, 0.4) is 0 Å². The summed E-state index contributed by atoms with van der Waals surface area (Å²) in [5, 5.41) is 3.69. The summed E-state index contributed by atoms with van der Waals surface area (Å²) >= 11 is 0.812. The molecule has 0 aliphatic rings. The molecule has 0 amide bonds. The van der Waals surface area contributed by atoms with Crippen molar-refractivity contribution in [2.24, 2.45) is 0 Å². The molecular formula is C13H3F5N2O2S. The number of halogens is 5. The van der Waals surface area contributed by atoms with Gasteiger partial charge in [0.25, 0.3) is 0 Å². The maximum absolute atomic E-state index is 13.5. The van der Waals surface area contributed by atoms with Crippen LogP contribution in [0.25, 0.3) is 10.2 Å². The minimum absolute atomic E-state index is 0.165. The van der Waals surface area contributed by atoms with Crippen LogP contribution in [0.1, 0.15) is 10.4 Å². The third kappa shape index (κ3) is 2.40. The largest absolute Gasteiger partial charge is 0.416 e. The maximum Gasteiger partial charge on any atom is 0.345 e. The normalized spacial score (nSPS) is 11.0. The Balaban J connectivity index is 2.06. The Morgan fingerprint density at radius 2 is 1.57 bits per heavy atom. The molecule has 0 saturated carbocycles. The number of benzene rings is 2. The van der Waals surface area contributed by atoms with Gasteiger partial charge in [0.15, 0.2) is 0 Å². The molecule has 3 aromatic rings. The van der Waals surface area contributed by atoms with Crippen LogP contribution in [-0.2, 0) is 0 Å². The number of hydrogen-bond donors (Lipinski definition) is 0. The number of ether oxygens (including phenoxy) is 1. The first-order valence-corrected chi connectivity index (χ1v) is 6.64. The summed E-state index contributed by atoms with van der Waals surface area (Å²) in [6.07, 6.45) is 0. The zero-order chi connectivity index (χ0) is 16.7. The molecule has 0 N–H and O–H groups in total. The minimum atomic E-state index is -2.34. The second-order valence-electron chi connectivity index (χ2n) is 4.22. The van der Waals surface area contributed by atoms with Crippen molar-refractivity contribution in [3.05, 3.63) is 52.8 Å². The van der Waals surface area contributed by atoms with Gasteiger partial charge in [-0.1, -0.05) is 10.6 Å². The summed E-state index contributed by atoms with van der Waals surface area (Å²) in [6.45, 7) is 0. The summed E-state index contributed by atoms with van der Waals surface area (Å²) in [5.41, 5.74) is 0.156. The van der Waals surface area contributed by atoms with E-state index in [2.05, 4.69) is 14.3 Å². The molecule has 0 aliphatic heterocycles. The van der Waals surface area contributed by atoms with Gasteiger partial charge in [0, 0.05) is 0 Å². The van der Waals surface area contributed by atoms with Gasteiger partial charge in [-0.3, -0.25) is 0 Å². The average Bonchev–Trinajstić information content (AvgIpc) is 3.03. The van der Waals surface area contributed by atoms with E-state index >= 15 is 0 Å². The second kappa shape index (κ2) is 5.54. The average molecular weight is 346 g/mol. The summed E-state index contributed by atoms with van der Waals surface area (Å²) in [4.78, 5) is 12.0. The highest BCUT2D eigenvalue weighted by atomic mass is 32.1. The first-order chi connectivity index (χ1) is 10.9. The standard InChI is InChI=1S/C13H3F5N2O2S/c14-6-7(15)9(17)11(10(18)8(6)16)22-13(21)4-2-1-3-5-12(4)23-20-19-5/h1-3H. The minimum Gasteiger partial charge on any atom is -0.416 e. The van der Waals surface area contributed by atoms with Gasteiger partial charge >= 0.3 is 5.97 Å². The molecule has 23 heavy (non-hydrogen) atoms. The SMILES string of the molecule is O=C(Oc1c(F)c(F)c(F)c(F)c1F)c1cccc2nnsc12. The molecule has 118 valence electrons. The highest BCUT2D eigenvalue weighted by molar-refractivity contribution is 7.13. The van der Waals surface area contributed by atoms with Gasteiger partial charge in [0.05, 0.1) is 10.3 Å². The number of nitrogens with zero attached hydrogens (tertiary/aromatic N) is 2. The summed E-state index contributed by atoms with van der Waals surface area (Å²) in [7, 11) is 0. The van der Waals surface area contributed by atoms with Crippen molar-refractivity contribution in [3.63, 3.8) is 0 Å². The van der Waals surface area contributed by atoms with E-state index in [1.165, 1.54) is 18.2 Å². The fourth-order valence-corrected chi connectivity index (χ4v) is 2.45. The van der Waals surface area contributed by atoms with Crippen LogP contribution in [-0.4, -0.2) is 15.6 Å². The van der Waals surface area contributed by atoms with Gasteiger partial charge in [-0.25, -0.2) is 18.0 Å². The van der Waals surface area contributed by atoms with Crippen LogP contribution in [0.15, 0.2) is 18.2 Å². The van der Waals surface area contributed by atoms with Gasteiger partial charge in [-0.15, -0.1) is 5.10 Å². The lowest BCUT2D eigenvalue weighted by atomic mass is 10.2. The van der Waals surface area contributed by atoms with Gasteiger partial charge in [0.2, 0.25) is 34.8 Å². The van der Waals surface area contributed by atoms with E-state index in [4.69, 9.17) is 0 Å². The number of carbonyl (C=O) groups excluding carboxylic acids is 1. The molecule has 0 aliphatic carbocycles. The third-order valence-corrected chi connectivity index (χ3v) is 3.63. The summed E-state index contributed by atoms with van der Waals surface area (Å²) in [5.74, 6) is -14.2. The molecule has 1 heterocycles. The van der Waals surface area contributed by atoms with Gasteiger partial charge in [-0.05, 0) is 23.7 Å². The van der Waals surface area contributed by atoms with E-state index in [1.54, 1.807) is 0 Å². The smallest absolute Gasteiger partial charge is 0.345 e. The molecular weight excluding hydrogens is 343 g/mol. The molecule has 2 aromatic carbocycles. The molecule has 0 bridgehead atoms. The lowest BCUT2D eigenvalue weighted by molar-refractivity contribution is 0.0718. The van der Waals surface area contributed by atoms with E-state index in [9.17, 15) is 26.7 Å². The summed E-state index contributed by atoms with van der Waals surface area (Å²) in [6, 6.07) is 4.17. The van der Waals surface area contributed by atoms with Crippen LogP contribution in [0.4, 0.5) is 22.0 Å². The molecule has 1 aromatic heterocycles. The predicted molar refractivity (Wildman–Crippen MR) is 68.6 cm³/mol. The van der Waals surface area contributed by atoms with E-state index in [0.717, 1.165) is 11.5 Å². The molecule has 0 fully saturated rings. The van der Waals surface area contributed by atoms with Gasteiger partial charge in [0.1, 0.15) is 5.52 Å². The van der Waals surface area contributed by atoms with Crippen LogP contribution in [0.2, 0.25) is 0 Å². The van der Waals surface area contributed by atoms with Crippen molar-refractivity contribution in [3.8, 4) is 5.75 Å². The lowest BCUT2D eigenvalue weighted by Crippen LogP contribution is -2.13. The predicted octanol–water partition coefficient (Wildman–Crippen LogP) is 3.61. The molecule has 10 heteroatoms. The van der Waals surface area contributed by atoms with Crippen LogP contribution >= 0.6 is 11.5 Å². The number of hydrogen-bond acceptors (Lipinski definition) is 5. The Bertz CT molecular complexity index is 914. The van der Waals surface area contributed by atoms with Crippen molar-refractivity contribution in [2.45, 2.75) is 0 Å². The number of rotatable bonds is 2. The number of carbonyl (C=O) groups is 1. The van der Waals surface area contributed by atoms with Crippen LogP contribution in [0, 0.1) is 29.1 Å². The van der Waals surface area contributed by atoms with Crippen LogP contribution < -0.4 is 4.74 Å². The Morgan fingerprint density at radius 3 is 2.22 bits per heavy atom. The van der Waals surface area contributed by atoms with Crippen LogP contribution in [0.5, 0.6) is 5.75 Å². The highest BCUT2D eigenvalue weighted by Gasteiger charge is 2.29. The zero-order valence-corrected chi connectivity index (χ0v) is 11.6. The Morgan fingerprint density at radius 1 is 0.957 bits per heavy atom. The molecule has 4 nitrogen and oxygen atoms in total. The van der Waals surface area contributed by atoms with Crippen molar-refractivity contribution in [1.82, 2.24) is 9.59 Å². The van der Waals surface area contributed by atoms with E-state index in [1.807, 2.05) is 0 Å². The summed E-state index contributed by atoms with van der Waals surface area (Å²) < 4.78 is 74.4. The maximum atomic E-state index is 13.5. The van der Waals surface area contributed by atoms with Gasteiger partial charge < -0.3 is 4.74 Å². The molecule has 0 spiro atoms. The second-order valence-corrected chi connectivity index (χ2v) is 4.97. The Hall–Kier alpha value is -2.62. The number of esters is 1. The molecule has 0 unspecified atom stereocenters. The van der Waals surface area contributed by atoms with Gasteiger partial charge in [-0.2, -0.15) is 8.78 Å². The monoisotopic (exact) mass is 346 g/mol. The first-order valence-electron chi connectivity index (χ1n) is 5.86. The number of aromatic nitrogens is 2. The molecule has 3 rings (SSSR count). The number of fused-ring (bicyclic) bond motifs is 1. The van der Waals surface area contributed by atoms with Crippen molar-refractivity contribution in [1.29, 1.82) is 0 Å². The molecule has 0 saturated heterocycles. The fourth-order valence-electron chi connectivity index (χ4n) is 1.79. The third-order valence-electron chi connectivity index (χ3n) is 2.86.